The maximum absolute atomic E-state index is 13.4. The van der Waals surface area contributed by atoms with Crippen LogP contribution in [-0.2, 0) is 0 Å². The fourth-order valence-corrected chi connectivity index (χ4v) is 2.24. The number of benzene rings is 1. The molecule has 0 bridgehead atoms. The molecule has 1 aliphatic rings. The van der Waals surface area contributed by atoms with Crippen molar-refractivity contribution in [2.45, 2.75) is 19.3 Å². The molecule has 1 saturated heterocycles. The molecule has 0 saturated carbocycles. The van der Waals surface area contributed by atoms with Gasteiger partial charge in [0.05, 0.1) is 12.2 Å². The second-order valence-corrected chi connectivity index (χ2v) is 4.70. The Morgan fingerprint density at radius 3 is 2.74 bits per heavy atom. The topological polar surface area (TPSA) is 49.8 Å². The molecule has 1 aromatic rings. The molecule has 0 aliphatic carbocycles. The largest absolute Gasteiger partial charge is 0.493 e. The zero-order valence-electron chi connectivity index (χ0n) is 10.8. The van der Waals surface area contributed by atoms with E-state index in [0.29, 0.717) is 12.4 Å². The Morgan fingerprint density at radius 2 is 2.11 bits per heavy atom. The van der Waals surface area contributed by atoms with Gasteiger partial charge < -0.3 is 14.7 Å². The lowest BCUT2D eigenvalue weighted by Crippen LogP contribution is -2.21. The van der Waals surface area contributed by atoms with E-state index in [2.05, 4.69) is 4.90 Å². The third-order valence-electron chi connectivity index (χ3n) is 3.26. The smallest absolute Gasteiger partial charge is 0.338 e. The minimum absolute atomic E-state index is 0.329. The van der Waals surface area contributed by atoms with Gasteiger partial charge in [-0.3, -0.25) is 0 Å². The van der Waals surface area contributed by atoms with E-state index in [1.54, 1.807) is 0 Å². The number of hydrogen-bond acceptors (Lipinski definition) is 3. The van der Waals surface area contributed by atoms with Gasteiger partial charge in [0, 0.05) is 12.6 Å². The van der Waals surface area contributed by atoms with Crippen LogP contribution in [0.5, 0.6) is 5.75 Å². The van der Waals surface area contributed by atoms with Gasteiger partial charge in [-0.1, -0.05) is 0 Å². The molecule has 19 heavy (non-hydrogen) atoms. The van der Waals surface area contributed by atoms with E-state index >= 15 is 0 Å². The second kappa shape index (κ2) is 6.52. The van der Waals surface area contributed by atoms with Gasteiger partial charge in [0.2, 0.25) is 0 Å². The summed E-state index contributed by atoms with van der Waals surface area (Å²) in [6.45, 7) is 3.82. The molecule has 1 fully saturated rings. The Balaban J connectivity index is 1.76. The van der Waals surface area contributed by atoms with Crippen molar-refractivity contribution in [3.63, 3.8) is 0 Å². The van der Waals surface area contributed by atoms with Crippen LogP contribution in [0.2, 0.25) is 0 Å². The maximum Gasteiger partial charge on any atom is 0.338 e. The highest BCUT2D eigenvalue weighted by molar-refractivity contribution is 5.88. The number of likely N-dealkylation sites (tertiary alicyclic amines) is 1. The van der Waals surface area contributed by atoms with Gasteiger partial charge in [0.15, 0.2) is 0 Å². The highest BCUT2D eigenvalue weighted by Crippen LogP contribution is 2.17. The quantitative estimate of drug-likeness (QED) is 0.804. The normalized spacial score (nSPS) is 15.6. The molecule has 5 heteroatoms. The first kappa shape index (κ1) is 13.8. The SMILES string of the molecule is O=C(O)c1ccc(OCCCN2CCCC2)cc1F. The van der Waals surface area contributed by atoms with E-state index in [4.69, 9.17) is 9.84 Å². The molecule has 0 atom stereocenters. The Labute approximate surface area is 111 Å². The number of ether oxygens (including phenoxy) is 1. The summed E-state index contributed by atoms with van der Waals surface area (Å²) in [5.41, 5.74) is -0.329. The van der Waals surface area contributed by atoms with Crippen molar-refractivity contribution in [3.05, 3.63) is 29.6 Å². The summed E-state index contributed by atoms with van der Waals surface area (Å²) in [4.78, 5) is 13.0. The third-order valence-corrected chi connectivity index (χ3v) is 3.26. The zero-order chi connectivity index (χ0) is 13.7. The molecule has 4 nitrogen and oxygen atoms in total. The van der Waals surface area contributed by atoms with Crippen molar-refractivity contribution in [3.8, 4) is 5.75 Å². The van der Waals surface area contributed by atoms with E-state index in [1.807, 2.05) is 0 Å². The van der Waals surface area contributed by atoms with Crippen LogP contribution >= 0.6 is 0 Å². The molecule has 104 valence electrons. The van der Waals surface area contributed by atoms with E-state index in [9.17, 15) is 9.18 Å². The summed E-state index contributed by atoms with van der Waals surface area (Å²) in [6.07, 6.45) is 3.42. The molecule has 0 spiro atoms. The first-order valence-corrected chi connectivity index (χ1v) is 6.55. The van der Waals surface area contributed by atoms with Crippen molar-refractivity contribution < 1.29 is 19.0 Å². The van der Waals surface area contributed by atoms with Crippen molar-refractivity contribution >= 4 is 5.97 Å². The van der Waals surface area contributed by atoms with Crippen molar-refractivity contribution in [2.75, 3.05) is 26.2 Å². The van der Waals surface area contributed by atoms with Crippen LogP contribution in [-0.4, -0.2) is 42.2 Å². The molecule has 0 aromatic heterocycles. The minimum atomic E-state index is -1.27. The van der Waals surface area contributed by atoms with Crippen LogP contribution in [0.15, 0.2) is 18.2 Å². The van der Waals surface area contributed by atoms with Crippen LogP contribution in [0, 0.1) is 5.82 Å². The van der Waals surface area contributed by atoms with Gasteiger partial charge >= 0.3 is 5.97 Å². The number of halogens is 1. The lowest BCUT2D eigenvalue weighted by atomic mass is 10.2. The fraction of sp³-hybridized carbons (Fsp3) is 0.500. The monoisotopic (exact) mass is 267 g/mol. The Bertz CT molecular complexity index is 444. The van der Waals surface area contributed by atoms with Crippen LogP contribution in [0.25, 0.3) is 0 Å². The summed E-state index contributed by atoms with van der Waals surface area (Å²) in [5, 5.41) is 8.71. The number of nitrogens with zero attached hydrogens (tertiary/aromatic N) is 1. The van der Waals surface area contributed by atoms with E-state index in [1.165, 1.54) is 25.0 Å². The van der Waals surface area contributed by atoms with Gasteiger partial charge in [-0.05, 0) is 44.5 Å². The van der Waals surface area contributed by atoms with E-state index in [-0.39, 0.29) is 5.56 Å². The maximum atomic E-state index is 13.4. The highest BCUT2D eigenvalue weighted by Gasteiger charge is 2.12. The van der Waals surface area contributed by atoms with Gasteiger partial charge in [0.1, 0.15) is 11.6 Å². The molecular formula is C14H18FNO3. The van der Waals surface area contributed by atoms with E-state index < -0.39 is 11.8 Å². The average Bonchev–Trinajstić information content (AvgIpc) is 2.87. The number of hydrogen-bond donors (Lipinski definition) is 1. The summed E-state index contributed by atoms with van der Waals surface area (Å²) < 4.78 is 18.8. The fourth-order valence-electron chi connectivity index (χ4n) is 2.24. The molecule has 1 aromatic carbocycles. The lowest BCUT2D eigenvalue weighted by molar-refractivity contribution is 0.0692. The molecule has 1 aliphatic heterocycles. The molecule has 1 N–H and O–H groups in total. The zero-order valence-corrected chi connectivity index (χ0v) is 10.8. The number of carboxylic acid groups (broad SMARTS) is 1. The molecule has 2 rings (SSSR count). The number of carbonyl (C=O) groups is 1. The van der Waals surface area contributed by atoms with E-state index in [0.717, 1.165) is 32.1 Å². The summed E-state index contributed by atoms with van der Waals surface area (Å²) in [7, 11) is 0. The van der Waals surface area contributed by atoms with Gasteiger partial charge in [0.25, 0.3) is 0 Å². The Kier molecular flexibility index (Phi) is 4.74. The van der Waals surface area contributed by atoms with Crippen LogP contribution in [0.4, 0.5) is 4.39 Å². The van der Waals surface area contributed by atoms with Crippen LogP contribution < -0.4 is 4.74 Å². The summed E-state index contributed by atoms with van der Waals surface area (Å²) in [6, 6.07) is 3.84. The average molecular weight is 267 g/mol. The third kappa shape index (κ3) is 3.92. The standard InChI is InChI=1S/C14H18FNO3/c15-13-10-11(4-5-12(13)14(17)18)19-9-3-8-16-6-1-2-7-16/h4-5,10H,1-3,6-9H2,(H,17,18). The van der Waals surface area contributed by atoms with Gasteiger partial charge in [-0.15, -0.1) is 0 Å². The Hall–Kier alpha value is -1.62. The number of aromatic carboxylic acids is 1. The first-order chi connectivity index (χ1) is 9.16. The molecule has 0 radical (unpaired) electrons. The molecule has 1 heterocycles. The predicted octanol–water partition coefficient (Wildman–Crippen LogP) is 2.39. The highest BCUT2D eigenvalue weighted by atomic mass is 19.1. The Morgan fingerprint density at radius 1 is 1.37 bits per heavy atom. The number of rotatable bonds is 6. The molecule has 0 unspecified atom stereocenters. The molecular weight excluding hydrogens is 249 g/mol. The van der Waals surface area contributed by atoms with Crippen LogP contribution in [0.3, 0.4) is 0 Å². The van der Waals surface area contributed by atoms with Crippen molar-refractivity contribution in [2.24, 2.45) is 0 Å². The summed E-state index contributed by atoms with van der Waals surface area (Å²) >= 11 is 0. The minimum Gasteiger partial charge on any atom is -0.493 e. The van der Waals surface area contributed by atoms with Crippen molar-refractivity contribution in [1.82, 2.24) is 4.90 Å². The van der Waals surface area contributed by atoms with Crippen LogP contribution in [0.1, 0.15) is 29.6 Å². The van der Waals surface area contributed by atoms with Gasteiger partial charge in [-0.25, -0.2) is 9.18 Å². The predicted molar refractivity (Wildman–Crippen MR) is 69.1 cm³/mol. The van der Waals surface area contributed by atoms with Gasteiger partial charge in [-0.2, -0.15) is 0 Å². The first-order valence-electron chi connectivity index (χ1n) is 6.55. The lowest BCUT2D eigenvalue weighted by Gasteiger charge is -2.14. The summed E-state index contributed by atoms with van der Waals surface area (Å²) in [5.74, 6) is -1.65. The second-order valence-electron chi connectivity index (χ2n) is 4.70. The van der Waals surface area contributed by atoms with Crippen molar-refractivity contribution in [1.29, 1.82) is 0 Å². The number of carboxylic acids is 1. The molecule has 0 amide bonds.